The zero-order valence-electron chi connectivity index (χ0n) is 19.5. The molecular weight excluding hydrogens is 521 g/mol. The summed E-state index contributed by atoms with van der Waals surface area (Å²) in [6.45, 7) is 6.60. The molecule has 0 radical (unpaired) electrons. The molecule has 1 amide bonds. The largest absolute Gasteiger partial charge is 0.496 e. The SMILES string of the molecule is CCOC(=O)N1CCC(NC(=NC)NCC(c2ccccc2OC)N2CCCC2)CC1.I. The number of piperidine rings is 1. The minimum atomic E-state index is -0.214. The molecule has 8 nitrogen and oxygen atoms in total. The topological polar surface area (TPSA) is 78.4 Å². The maximum atomic E-state index is 11.9. The monoisotopic (exact) mass is 559 g/mol. The first kappa shape index (κ1) is 26.5. The summed E-state index contributed by atoms with van der Waals surface area (Å²) in [6, 6.07) is 8.79. The molecule has 9 heteroatoms. The van der Waals surface area contributed by atoms with Gasteiger partial charge in [0.15, 0.2) is 5.96 Å². The van der Waals surface area contributed by atoms with Crippen LogP contribution in [0.25, 0.3) is 0 Å². The highest BCUT2D eigenvalue weighted by Crippen LogP contribution is 2.31. The van der Waals surface area contributed by atoms with Crippen molar-refractivity contribution in [3.05, 3.63) is 29.8 Å². The van der Waals surface area contributed by atoms with Gasteiger partial charge < -0.3 is 25.0 Å². The highest BCUT2D eigenvalue weighted by molar-refractivity contribution is 14.0. The van der Waals surface area contributed by atoms with E-state index in [0.29, 0.717) is 19.7 Å². The Morgan fingerprint density at radius 2 is 1.88 bits per heavy atom. The summed E-state index contributed by atoms with van der Waals surface area (Å²) >= 11 is 0. The van der Waals surface area contributed by atoms with Crippen molar-refractivity contribution in [2.45, 2.75) is 44.7 Å². The number of hydrogen-bond donors (Lipinski definition) is 2. The van der Waals surface area contributed by atoms with Crippen molar-refractivity contribution in [2.24, 2.45) is 4.99 Å². The number of halogens is 1. The molecule has 180 valence electrons. The molecule has 0 spiro atoms. The fourth-order valence-corrected chi connectivity index (χ4v) is 4.43. The first-order chi connectivity index (χ1) is 15.2. The van der Waals surface area contributed by atoms with Crippen LogP contribution < -0.4 is 15.4 Å². The lowest BCUT2D eigenvalue weighted by Crippen LogP contribution is -2.51. The lowest BCUT2D eigenvalue weighted by molar-refractivity contribution is 0.0963. The molecule has 32 heavy (non-hydrogen) atoms. The van der Waals surface area contributed by atoms with Gasteiger partial charge in [-0.3, -0.25) is 9.89 Å². The molecule has 2 fully saturated rings. The number of aliphatic imine (C=N–C) groups is 1. The molecule has 0 saturated carbocycles. The van der Waals surface area contributed by atoms with E-state index in [0.717, 1.165) is 44.2 Å². The average Bonchev–Trinajstić information content (AvgIpc) is 3.34. The van der Waals surface area contributed by atoms with E-state index in [9.17, 15) is 4.79 Å². The summed E-state index contributed by atoms with van der Waals surface area (Å²) in [5.74, 6) is 1.73. The number of ether oxygens (including phenoxy) is 2. The van der Waals surface area contributed by atoms with E-state index in [-0.39, 0.29) is 42.2 Å². The first-order valence-electron chi connectivity index (χ1n) is 11.4. The Labute approximate surface area is 209 Å². The van der Waals surface area contributed by atoms with Gasteiger partial charge in [-0.1, -0.05) is 18.2 Å². The van der Waals surface area contributed by atoms with Crippen molar-refractivity contribution in [2.75, 3.05) is 53.5 Å². The molecule has 2 aliphatic heterocycles. The molecule has 2 heterocycles. The normalized spacial score (nSPS) is 18.6. The average molecular weight is 559 g/mol. The summed E-state index contributed by atoms with van der Waals surface area (Å²) in [4.78, 5) is 20.7. The van der Waals surface area contributed by atoms with E-state index in [1.54, 1.807) is 19.1 Å². The van der Waals surface area contributed by atoms with E-state index in [2.05, 4.69) is 32.7 Å². The van der Waals surface area contributed by atoms with Gasteiger partial charge in [0.05, 0.1) is 19.8 Å². The molecule has 3 rings (SSSR count). The number of amides is 1. The fourth-order valence-electron chi connectivity index (χ4n) is 4.43. The van der Waals surface area contributed by atoms with Crippen molar-refractivity contribution < 1.29 is 14.3 Å². The van der Waals surface area contributed by atoms with Crippen molar-refractivity contribution in [3.8, 4) is 5.75 Å². The zero-order valence-corrected chi connectivity index (χ0v) is 21.8. The van der Waals surface area contributed by atoms with Gasteiger partial charge in [-0.15, -0.1) is 24.0 Å². The highest BCUT2D eigenvalue weighted by atomic mass is 127. The van der Waals surface area contributed by atoms with Crippen molar-refractivity contribution >= 4 is 36.0 Å². The van der Waals surface area contributed by atoms with Crippen LogP contribution in [0.1, 0.15) is 44.2 Å². The minimum Gasteiger partial charge on any atom is -0.496 e. The van der Waals surface area contributed by atoms with Crippen LogP contribution in [0.4, 0.5) is 4.79 Å². The Morgan fingerprint density at radius 3 is 2.50 bits per heavy atom. The molecule has 1 aromatic rings. The van der Waals surface area contributed by atoms with Crippen LogP contribution in [0.3, 0.4) is 0 Å². The number of carbonyl (C=O) groups is 1. The lowest BCUT2D eigenvalue weighted by Gasteiger charge is -2.33. The number of rotatable bonds is 7. The molecule has 2 aliphatic rings. The summed E-state index contributed by atoms with van der Waals surface area (Å²) in [5, 5.41) is 7.07. The highest BCUT2D eigenvalue weighted by Gasteiger charge is 2.27. The van der Waals surface area contributed by atoms with E-state index in [4.69, 9.17) is 9.47 Å². The molecule has 2 saturated heterocycles. The van der Waals surface area contributed by atoms with Crippen molar-refractivity contribution in [3.63, 3.8) is 0 Å². The van der Waals surface area contributed by atoms with Crippen LogP contribution in [0.2, 0.25) is 0 Å². The molecule has 1 atom stereocenters. The number of guanidine groups is 1. The number of para-hydroxylation sites is 1. The van der Waals surface area contributed by atoms with Gasteiger partial charge in [-0.25, -0.2) is 4.79 Å². The summed E-state index contributed by atoms with van der Waals surface area (Å²) < 4.78 is 10.8. The molecule has 0 bridgehead atoms. The Bertz CT molecular complexity index is 734. The maximum Gasteiger partial charge on any atom is 0.409 e. The third-order valence-corrected chi connectivity index (χ3v) is 6.13. The smallest absolute Gasteiger partial charge is 0.409 e. The predicted molar refractivity (Wildman–Crippen MR) is 138 cm³/mol. The van der Waals surface area contributed by atoms with E-state index >= 15 is 0 Å². The van der Waals surface area contributed by atoms with E-state index in [1.165, 1.54) is 18.4 Å². The Kier molecular flexibility index (Phi) is 11.4. The number of benzene rings is 1. The van der Waals surface area contributed by atoms with E-state index < -0.39 is 0 Å². The number of carbonyl (C=O) groups excluding carboxylic acids is 1. The minimum absolute atomic E-state index is 0. The van der Waals surface area contributed by atoms with Crippen molar-refractivity contribution in [1.29, 1.82) is 0 Å². The fraction of sp³-hybridized carbons (Fsp3) is 0.652. The van der Waals surface area contributed by atoms with Gasteiger partial charge in [0.2, 0.25) is 0 Å². The summed E-state index contributed by atoms with van der Waals surface area (Å²) in [7, 11) is 3.54. The quantitative estimate of drug-likeness (QED) is 0.304. The van der Waals surface area contributed by atoms with Crippen LogP contribution in [-0.4, -0.2) is 81.4 Å². The molecule has 1 unspecified atom stereocenters. The molecular formula is C23H38IN5O3. The lowest BCUT2D eigenvalue weighted by atomic mass is 10.0. The second-order valence-corrected chi connectivity index (χ2v) is 8.06. The van der Waals surface area contributed by atoms with Gasteiger partial charge in [0, 0.05) is 38.3 Å². The standard InChI is InChI=1S/C23H37N5O3.HI/c1-4-31-23(29)28-15-11-18(12-16-28)26-22(24-2)25-17-20(27-13-7-8-14-27)19-9-5-6-10-21(19)30-3;/h5-6,9-10,18,20H,4,7-8,11-17H2,1-3H3,(H2,24,25,26);1H. The predicted octanol–water partition coefficient (Wildman–Crippen LogP) is 3.24. The van der Waals surface area contributed by atoms with Gasteiger partial charge in [0.25, 0.3) is 0 Å². The number of methoxy groups -OCH3 is 1. The molecule has 0 aromatic heterocycles. The van der Waals surface area contributed by atoms with Gasteiger partial charge in [0.1, 0.15) is 5.75 Å². The van der Waals surface area contributed by atoms with Crippen LogP contribution in [0.5, 0.6) is 5.75 Å². The molecule has 1 aromatic carbocycles. The Morgan fingerprint density at radius 1 is 1.19 bits per heavy atom. The van der Waals surface area contributed by atoms with Crippen LogP contribution in [0, 0.1) is 0 Å². The number of nitrogens with zero attached hydrogens (tertiary/aromatic N) is 3. The third kappa shape index (κ3) is 7.13. The number of nitrogens with one attached hydrogen (secondary N) is 2. The second-order valence-electron chi connectivity index (χ2n) is 8.06. The van der Waals surface area contributed by atoms with Gasteiger partial charge in [-0.2, -0.15) is 0 Å². The second kappa shape index (κ2) is 13.7. The Hall–Kier alpha value is -1.75. The van der Waals surface area contributed by atoms with Crippen LogP contribution in [0.15, 0.2) is 29.3 Å². The van der Waals surface area contributed by atoms with Crippen LogP contribution in [-0.2, 0) is 4.74 Å². The van der Waals surface area contributed by atoms with E-state index in [1.807, 2.05) is 19.1 Å². The zero-order chi connectivity index (χ0) is 22.1. The molecule has 0 aliphatic carbocycles. The summed E-state index contributed by atoms with van der Waals surface area (Å²) in [5.41, 5.74) is 1.21. The first-order valence-corrected chi connectivity index (χ1v) is 11.4. The van der Waals surface area contributed by atoms with Gasteiger partial charge in [-0.05, 0) is 51.8 Å². The van der Waals surface area contributed by atoms with Gasteiger partial charge >= 0.3 is 6.09 Å². The number of hydrogen-bond acceptors (Lipinski definition) is 5. The van der Waals surface area contributed by atoms with Crippen LogP contribution >= 0.6 is 24.0 Å². The molecule has 2 N–H and O–H groups in total. The third-order valence-electron chi connectivity index (χ3n) is 6.13. The van der Waals surface area contributed by atoms with Crippen molar-refractivity contribution in [1.82, 2.24) is 20.4 Å². The Balaban J connectivity index is 0.00000363. The maximum absolute atomic E-state index is 11.9. The number of likely N-dealkylation sites (tertiary alicyclic amines) is 2. The summed E-state index contributed by atoms with van der Waals surface area (Å²) in [6.07, 6.45) is 4.01.